The number of benzene rings is 2. The second kappa shape index (κ2) is 7.89. The molecule has 0 aliphatic carbocycles. The van der Waals surface area contributed by atoms with Crippen LogP contribution in [0.15, 0.2) is 60.8 Å². The molecular weight excluding hydrogens is 352 g/mol. The number of nitrogens with zero attached hydrogens (tertiary/aromatic N) is 1. The summed E-state index contributed by atoms with van der Waals surface area (Å²) in [7, 11) is 3.12. The first-order chi connectivity index (χ1) is 12.6. The molecule has 0 spiro atoms. The van der Waals surface area contributed by atoms with E-state index in [1.54, 1.807) is 68.9 Å². The summed E-state index contributed by atoms with van der Waals surface area (Å²) < 4.78 is 10.6. The monoisotopic (exact) mass is 368 g/mol. The molecule has 0 saturated heterocycles. The van der Waals surface area contributed by atoms with E-state index in [-0.39, 0.29) is 5.91 Å². The number of halogens is 1. The van der Waals surface area contributed by atoms with Crippen molar-refractivity contribution in [3.8, 4) is 22.8 Å². The van der Waals surface area contributed by atoms with Crippen molar-refractivity contribution in [2.24, 2.45) is 0 Å². The van der Waals surface area contributed by atoms with Crippen molar-refractivity contribution in [1.29, 1.82) is 0 Å². The Morgan fingerprint density at radius 3 is 2.62 bits per heavy atom. The molecule has 0 radical (unpaired) electrons. The fourth-order valence-corrected chi connectivity index (χ4v) is 2.74. The van der Waals surface area contributed by atoms with Gasteiger partial charge in [-0.05, 0) is 42.5 Å². The Morgan fingerprint density at radius 2 is 1.88 bits per heavy atom. The second-order valence-electron chi connectivity index (χ2n) is 5.43. The number of ether oxygens (including phenoxy) is 2. The number of rotatable bonds is 5. The molecule has 1 amide bonds. The van der Waals surface area contributed by atoms with Gasteiger partial charge in [0.1, 0.15) is 11.5 Å². The SMILES string of the molecule is COc1cccc(NC(=O)c2ccc(-c3ncccc3Cl)c(OC)c2)c1. The molecule has 5 nitrogen and oxygen atoms in total. The van der Waals surface area contributed by atoms with Crippen LogP contribution in [-0.4, -0.2) is 25.1 Å². The zero-order valence-corrected chi connectivity index (χ0v) is 15.1. The third-order valence-corrected chi connectivity index (χ3v) is 4.11. The lowest BCUT2D eigenvalue weighted by Crippen LogP contribution is -2.12. The summed E-state index contributed by atoms with van der Waals surface area (Å²) in [6.07, 6.45) is 1.66. The van der Waals surface area contributed by atoms with Crippen LogP contribution in [0.4, 0.5) is 5.69 Å². The van der Waals surface area contributed by atoms with Crippen LogP contribution in [0.5, 0.6) is 11.5 Å². The second-order valence-corrected chi connectivity index (χ2v) is 5.84. The van der Waals surface area contributed by atoms with Gasteiger partial charge in [0.2, 0.25) is 0 Å². The minimum absolute atomic E-state index is 0.254. The number of carbonyl (C=O) groups excluding carboxylic acids is 1. The molecular formula is C20H17ClN2O3. The average Bonchev–Trinajstić information content (AvgIpc) is 2.68. The van der Waals surface area contributed by atoms with Gasteiger partial charge in [-0.15, -0.1) is 0 Å². The predicted molar refractivity (Wildman–Crippen MR) is 102 cm³/mol. The highest BCUT2D eigenvalue weighted by Gasteiger charge is 2.14. The van der Waals surface area contributed by atoms with Crippen molar-refractivity contribution in [3.63, 3.8) is 0 Å². The molecule has 0 atom stereocenters. The molecule has 0 unspecified atom stereocenters. The van der Waals surface area contributed by atoms with Crippen LogP contribution in [0.25, 0.3) is 11.3 Å². The highest BCUT2D eigenvalue weighted by atomic mass is 35.5. The molecule has 132 valence electrons. The summed E-state index contributed by atoms with van der Waals surface area (Å²) in [6.45, 7) is 0. The van der Waals surface area contributed by atoms with Gasteiger partial charge >= 0.3 is 0 Å². The maximum Gasteiger partial charge on any atom is 0.255 e. The summed E-state index contributed by atoms with van der Waals surface area (Å²) in [5, 5.41) is 3.35. The molecule has 3 rings (SSSR count). The standard InChI is InChI=1S/C20H17ClN2O3/c1-25-15-6-3-5-14(12-15)23-20(24)13-8-9-16(18(11-13)26-2)19-17(21)7-4-10-22-19/h3-12H,1-2H3,(H,23,24). The summed E-state index contributed by atoms with van der Waals surface area (Å²) >= 11 is 6.22. The number of amides is 1. The van der Waals surface area contributed by atoms with Crippen LogP contribution in [0.1, 0.15) is 10.4 Å². The molecule has 0 bridgehead atoms. The van der Waals surface area contributed by atoms with Gasteiger partial charge in [-0.3, -0.25) is 9.78 Å². The Labute approximate surface area is 156 Å². The van der Waals surface area contributed by atoms with Gasteiger partial charge in [0.05, 0.1) is 24.9 Å². The number of nitrogens with one attached hydrogen (secondary N) is 1. The first-order valence-electron chi connectivity index (χ1n) is 7.86. The van der Waals surface area contributed by atoms with E-state index in [0.717, 1.165) is 5.56 Å². The van der Waals surface area contributed by atoms with Gasteiger partial charge < -0.3 is 14.8 Å². The Morgan fingerprint density at radius 1 is 1.04 bits per heavy atom. The van der Waals surface area contributed by atoms with Gasteiger partial charge in [0, 0.05) is 29.1 Å². The van der Waals surface area contributed by atoms with Crippen LogP contribution in [0.3, 0.4) is 0 Å². The van der Waals surface area contributed by atoms with Crippen LogP contribution < -0.4 is 14.8 Å². The highest BCUT2D eigenvalue weighted by molar-refractivity contribution is 6.33. The average molecular weight is 369 g/mol. The quantitative estimate of drug-likeness (QED) is 0.710. The summed E-state index contributed by atoms with van der Waals surface area (Å²) in [6, 6.07) is 15.8. The van der Waals surface area contributed by atoms with Gasteiger partial charge in [0.25, 0.3) is 5.91 Å². The molecule has 1 aromatic heterocycles. The number of carbonyl (C=O) groups is 1. The molecule has 0 fully saturated rings. The number of aromatic nitrogens is 1. The summed E-state index contributed by atoms with van der Waals surface area (Å²) in [4.78, 5) is 16.8. The van der Waals surface area contributed by atoms with Crippen molar-refractivity contribution in [1.82, 2.24) is 4.98 Å². The third kappa shape index (κ3) is 3.78. The van der Waals surface area contributed by atoms with Crippen molar-refractivity contribution in [2.75, 3.05) is 19.5 Å². The molecule has 1 N–H and O–H groups in total. The Balaban J connectivity index is 1.89. The highest BCUT2D eigenvalue weighted by Crippen LogP contribution is 2.33. The molecule has 0 saturated carbocycles. The zero-order valence-electron chi connectivity index (χ0n) is 14.3. The summed E-state index contributed by atoms with van der Waals surface area (Å²) in [5.74, 6) is 0.930. The van der Waals surface area contributed by atoms with Crippen LogP contribution >= 0.6 is 11.6 Å². The molecule has 6 heteroatoms. The van der Waals surface area contributed by atoms with E-state index < -0.39 is 0 Å². The van der Waals surface area contributed by atoms with E-state index >= 15 is 0 Å². The Bertz CT molecular complexity index is 944. The fraction of sp³-hybridized carbons (Fsp3) is 0.100. The lowest BCUT2D eigenvalue weighted by Gasteiger charge is -2.12. The zero-order chi connectivity index (χ0) is 18.5. The largest absolute Gasteiger partial charge is 0.497 e. The van der Waals surface area contributed by atoms with Gasteiger partial charge in [-0.2, -0.15) is 0 Å². The fourth-order valence-electron chi connectivity index (χ4n) is 2.52. The first-order valence-corrected chi connectivity index (χ1v) is 8.24. The number of methoxy groups -OCH3 is 2. The van der Waals surface area contributed by atoms with Crippen molar-refractivity contribution in [3.05, 3.63) is 71.4 Å². The minimum Gasteiger partial charge on any atom is -0.497 e. The Kier molecular flexibility index (Phi) is 5.39. The first kappa shape index (κ1) is 17.8. The van der Waals surface area contributed by atoms with Crippen LogP contribution in [0, 0.1) is 0 Å². The number of hydrogen-bond donors (Lipinski definition) is 1. The van der Waals surface area contributed by atoms with E-state index in [9.17, 15) is 4.79 Å². The number of anilines is 1. The maximum atomic E-state index is 12.5. The maximum absolute atomic E-state index is 12.5. The number of pyridine rings is 1. The lowest BCUT2D eigenvalue weighted by atomic mass is 10.1. The van der Waals surface area contributed by atoms with Crippen molar-refractivity contribution in [2.45, 2.75) is 0 Å². The normalized spacial score (nSPS) is 10.3. The third-order valence-electron chi connectivity index (χ3n) is 3.80. The van der Waals surface area contributed by atoms with Crippen molar-refractivity contribution < 1.29 is 14.3 Å². The molecule has 3 aromatic rings. The molecule has 0 aliphatic heterocycles. The van der Waals surface area contributed by atoms with Crippen LogP contribution in [-0.2, 0) is 0 Å². The molecule has 26 heavy (non-hydrogen) atoms. The number of hydrogen-bond acceptors (Lipinski definition) is 4. The van der Waals surface area contributed by atoms with Gasteiger partial charge in [-0.25, -0.2) is 0 Å². The Hall–Kier alpha value is -3.05. The van der Waals surface area contributed by atoms with E-state index in [1.165, 1.54) is 0 Å². The van der Waals surface area contributed by atoms with Gasteiger partial charge in [-0.1, -0.05) is 17.7 Å². The van der Waals surface area contributed by atoms with Crippen LogP contribution in [0.2, 0.25) is 5.02 Å². The topological polar surface area (TPSA) is 60.5 Å². The van der Waals surface area contributed by atoms with Gasteiger partial charge in [0.15, 0.2) is 0 Å². The minimum atomic E-state index is -0.254. The smallest absolute Gasteiger partial charge is 0.255 e. The molecule has 1 heterocycles. The molecule has 0 aliphatic rings. The van der Waals surface area contributed by atoms with E-state index in [0.29, 0.717) is 33.5 Å². The van der Waals surface area contributed by atoms with E-state index in [1.807, 2.05) is 6.07 Å². The lowest BCUT2D eigenvalue weighted by molar-refractivity contribution is 0.102. The summed E-state index contributed by atoms with van der Waals surface area (Å²) in [5.41, 5.74) is 2.42. The predicted octanol–water partition coefficient (Wildman–Crippen LogP) is 4.67. The molecule has 2 aromatic carbocycles. The van der Waals surface area contributed by atoms with E-state index in [4.69, 9.17) is 21.1 Å². The van der Waals surface area contributed by atoms with Crippen molar-refractivity contribution >= 4 is 23.2 Å². The van der Waals surface area contributed by atoms with E-state index in [2.05, 4.69) is 10.3 Å².